The summed E-state index contributed by atoms with van der Waals surface area (Å²) in [5.41, 5.74) is 0.861. The Morgan fingerprint density at radius 3 is 2.94 bits per heavy atom. The molecule has 90 valence electrons. The number of likely N-dealkylation sites (tertiary alicyclic amines) is 1. The van der Waals surface area contributed by atoms with Gasteiger partial charge in [-0.3, -0.25) is 4.79 Å². The van der Waals surface area contributed by atoms with Crippen molar-refractivity contribution in [1.82, 2.24) is 4.90 Å². The van der Waals surface area contributed by atoms with E-state index in [-0.39, 0.29) is 12.0 Å². The third-order valence-corrected chi connectivity index (χ3v) is 3.26. The number of carbonyl (C=O) groups is 1. The Labute approximate surface area is 99.1 Å². The summed E-state index contributed by atoms with van der Waals surface area (Å²) in [5.74, 6) is 0.0578. The van der Waals surface area contributed by atoms with Crippen molar-refractivity contribution in [3.63, 3.8) is 0 Å². The number of ether oxygens (including phenoxy) is 1. The third kappa shape index (κ3) is 1.81. The quantitative estimate of drug-likeness (QED) is 0.776. The van der Waals surface area contributed by atoms with E-state index in [1.165, 1.54) is 6.40 Å². The number of nitrogens with zero attached hydrogens (tertiary/aromatic N) is 2. The summed E-state index contributed by atoms with van der Waals surface area (Å²) in [7, 11) is 0. The molecule has 1 aromatic rings. The van der Waals surface area contributed by atoms with Gasteiger partial charge >= 0.3 is 0 Å². The smallest absolute Gasteiger partial charge is 0.251 e. The standard InChI is InChI=1S/C12H14N2O3/c15-12(14-4-1-2-5-14)10-11(17-8-13-10)9-3-6-16-7-9/h3,6-8,10-11H,1-2,4-5H2. The zero-order chi connectivity index (χ0) is 11.7. The van der Waals surface area contributed by atoms with Crippen LogP contribution in [0.2, 0.25) is 0 Å². The van der Waals surface area contributed by atoms with Crippen LogP contribution in [0.1, 0.15) is 24.5 Å². The number of hydrogen-bond donors (Lipinski definition) is 0. The third-order valence-electron chi connectivity index (χ3n) is 3.26. The highest BCUT2D eigenvalue weighted by molar-refractivity contribution is 5.85. The lowest BCUT2D eigenvalue weighted by atomic mass is 10.1. The molecule has 0 spiro atoms. The zero-order valence-corrected chi connectivity index (χ0v) is 9.41. The van der Waals surface area contributed by atoms with E-state index in [1.807, 2.05) is 11.0 Å². The molecule has 1 saturated heterocycles. The van der Waals surface area contributed by atoms with Crippen molar-refractivity contribution in [2.75, 3.05) is 13.1 Å². The van der Waals surface area contributed by atoms with Crippen LogP contribution < -0.4 is 0 Å². The molecule has 0 saturated carbocycles. The number of rotatable bonds is 2. The first-order valence-corrected chi connectivity index (χ1v) is 5.84. The van der Waals surface area contributed by atoms with Gasteiger partial charge in [0.2, 0.25) is 0 Å². The molecule has 5 heteroatoms. The predicted molar refractivity (Wildman–Crippen MR) is 60.6 cm³/mol. The number of hydrogen-bond acceptors (Lipinski definition) is 4. The fourth-order valence-electron chi connectivity index (χ4n) is 2.33. The monoisotopic (exact) mass is 234 g/mol. The van der Waals surface area contributed by atoms with E-state index in [2.05, 4.69) is 4.99 Å². The first-order chi connectivity index (χ1) is 8.36. The molecule has 0 N–H and O–H groups in total. The van der Waals surface area contributed by atoms with Crippen LogP contribution >= 0.6 is 0 Å². The molecule has 2 unspecified atom stereocenters. The molecule has 2 atom stereocenters. The van der Waals surface area contributed by atoms with Gasteiger partial charge in [-0.1, -0.05) is 0 Å². The largest absolute Gasteiger partial charge is 0.473 e. The second-order valence-corrected chi connectivity index (χ2v) is 4.35. The molecule has 0 aromatic carbocycles. The van der Waals surface area contributed by atoms with Crippen LogP contribution in [0.25, 0.3) is 0 Å². The molecule has 1 aromatic heterocycles. The minimum Gasteiger partial charge on any atom is -0.473 e. The minimum absolute atomic E-state index is 0.0578. The molecule has 0 bridgehead atoms. The molecule has 1 amide bonds. The van der Waals surface area contributed by atoms with Gasteiger partial charge in [-0.15, -0.1) is 0 Å². The summed E-state index contributed by atoms with van der Waals surface area (Å²) in [6, 6.07) is 1.36. The summed E-state index contributed by atoms with van der Waals surface area (Å²) in [4.78, 5) is 18.3. The first-order valence-electron chi connectivity index (χ1n) is 5.84. The summed E-state index contributed by atoms with van der Waals surface area (Å²) in [6.07, 6.45) is 6.38. The van der Waals surface area contributed by atoms with E-state index in [0.29, 0.717) is 0 Å². The van der Waals surface area contributed by atoms with Crippen LogP contribution in [0, 0.1) is 0 Å². The highest BCUT2D eigenvalue weighted by Crippen LogP contribution is 2.29. The van der Waals surface area contributed by atoms with E-state index in [9.17, 15) is 4.79 Å². The maximum absolute atomic E-state index is 12.3. The van der Waals surface area contributed by atoms with Gasteiger partial charge < -0.3 is 14.1 Å². The Morgan fingerprint density at radius 2 is 2.24 bits per heavy atom. The Balaban J connectivity index is 1.77. The molecule has 1 fully saturated rings. The molecule has 3 heterocycles. The molecule has 2 aliphatic rings. The van der Waals surface area contributed by atoms with Gasteiger partial charge in [-0.2, -0.15) is 0 Å². The fourth-order valence-corrected chi connectivity index (χ4v) is 2.33. The highest BCUT2D eigenvalue weighted by Gasteiger charge is 2.37. The van der Waals surface area contributed by atoms with Crippen molar-refractivity contribution in [2.45, 2.75) is 25.0 Å². The summed E-state index contributed by atoms with van der Waals surface area (Å²) < 4.78 is 10.4. The number of furan rings is 1. The molecule has 17 heavy (non-hydrogen) atoms. The van der Waals surface area contributed by atoms with Gasteiger partial charge in [0.05, 0.1) is 12.5 Å². The molecular weight excluding hydrogens is 220 g/mol. The average Bonchev–Trinajstić information content (AvgIpc) is 3.09. The van der Waals surface area contributed by atoms with Crippen LogP contribution in [-0.4, -0.2) is 36.3 Å². The van der Waals surface area contributed by atoms with Crippen LogP contribution in [-0.2, 0) is 9.53 Å². The van der Waals surface area contributed by atoms with Crippen molar-refractivity contribution >= 4 is 12.3 Å². The Kier molecular flexibility index (Phi) is 2.59. The summed E-state index contributed by atoms with van der Waals surface area (Å²) in [6.45, 7) is 1.67. The predicted octanol–water partition coefficient (Wildman–Crippen LogP) is 1.37. The summed E-state index contributed by atoms with van der Waals surface area (Å²) in [5, 5.41) is 0. The lowest BCUT2D eigenvalue weighted by Crippen LogP contribution is -2.38. The first kappa shape index (κ1) is 10.4. The second kappa shape index (κ2) is 4.24. The Bertz CT molecular complexity index is 421. The van der Waals surface area contributed by atoms with Gasteiger partial charge in [0.25, 0.3) is 5.91 Å². The lowest BCUT2D eigenvalue weighted by molar-refractivity contribution is -0.133. The number of amides is 1. The normalized spacial score (nSPS) is 27.4. The Hall–Kier alpha value is -1.78. The van der Waals surface area contributed by atoms with Gasteiger partial charge in [-0.25, -0.2) is 4.99 Å². The average molecular weight is 234 g/mol. The molecule has 2 aliphatic heterocycles. The fraction of sp³-hybridized carbons (Fsp3) is 0.500. The molecule has 0 aliphatic carbocycles. The second-order valence-electron chi connectivity index (χ2n) is 4.35. The highest BCUT2D eigenvalue weighted by atomic mass is 16.5. The van der Waals surface area contributed by atoms with Crippen molar-refractivity contribution in [1.29, 1.82) is 0 Å². The SMILES string of the molecule is O=C(C1N=COC1c1ccoc1)N1CCCC1. The van der Waals surface area contributed by atoms with Crippen molar-refractivity contribution in [3.05, 3.63) is 24.2 Å². The molecule has 3 rings (SSSR count). The van der Waals surface area contributed by atoms with Crippen LogP contribution in [0.4, 0.5) is 0 Å². The van der Waals surface area contributed by atoms with Gasteiger partial charge in [0.1, 0.15) is 0 Å². The van der Waals surface area contributed by atoms with Crippen LogP contribution in [0.3, 0.4) is 0 Å². The van der Waals surface area contributed by atoms with Crippen molar-refractivity contribution in [3.8, 4) is 0 Å². The molecule has 5 nitrogen and oxygen atoms in total. The number of aliphatic imine (C=N–C) groups is 1. The van der Waals surface area contributed by atoms with Crippen LogP contribution in [0.15, 0.2) is 28.0 Å². The maximum Gasteiger partial charge on any atom is 0.251 e. The lowest BCUT2D eigenvalue weighted by Gasteiger charge is -2.21. The van der Waals surface area contributed by atoms with Crippen molar-refractivity contribution < 1.29 is 13.9 Å². The molecule has 0 radical (unpaired) electrons. The summed E-state index contributed by atoms with van der Waals surface area (Å²) >= 11 is 0. The zero-order valence-electron chi connectivity index (χ0n) is 9.41. The van der Waals surface area contributed by atoms with Gasteiger partial charge in [0, 0.05) is 18.7 Å². The van der Waals surface area contributed by atoms with E-state index in [4.69, 9.17) is 9.15 Å². The van der Waals surface area contributed by atoms with Gasteiger partial charge in [-0.05, 0) is 18.9 Å². The minimum atomic E-state index is -0.453. The Morgan fingerprint density at radius 1 is 1.41 bits per heavy atom. The molecular formula is C12H14N2O3. The topological polar surface area (TPSA) is 55.0 Å². The van der Waals surface area contributed by atoms with E-state index < -0.39 is 6.04 Å². The number of carbonyl (C=O) groups excluding carboxylic acids is 1. The maximum atomic E-state index is 12.3. The van der Waals surface area contributed by atoms with Crippen molar-refractivity contribution in [2.24, 2.45) is 4.99 Å². The van der Waals surface area contributed by atoms with Gasteiger partial charge in [0.15, 0.2) is 18.5 Å². The van der Waals surface area contributed by atoms with E-state index in [1.54, 1.807) is 12.5 Å². The van der Waals surface area contributed by atoms with E-state index in [0.717, 1.165) is 31.5 Å². The van der Waals surface area contributed by atoms with E-state index >= 15 is 0 Å². The van der Waals surface area contributed by atoms with Crippen LogP contribution in [0.5, 0.6) is 0 Å².